The molecule has 0 bridgehead atoms. The van der Waals surface area contributed by atoms with E-state index in [2.05, 4.69) is 5.32 Å². The molecule has 34 heavy (non-hydrogen) atoms. The summed E-state index contributed by atoms with van der Waals surface area (Å²) in [5.41, 5.74) is 1.20. The molecule has 1 amide bonds. The zero-order chi connectivity index (χ0) is 24.7. The third-order valence-electron chi connectivity index (χ3n) is 5.12. The number of nitrogens with one attached hydrogen (secondary N) is 1. The molecule has 0 fully saturated rings. The number of hydrogen-bond donors (Lipinski definition) is 1. The lowest BCUT2D eigenvalue weighted by molar-refractivity contribution is -0.120. The van der Waals surface area contributed by atoms with Gasteiger partial charge in [0.05, 0.1) is 30.3 Å². The van der Waals surface area contributed by atoms with Crippen molar-refractivity contribution in [1.82, 2.24) is 5.32 Å². The number of methoxy groups -OCH3 is 1. The first-order chi connectivity index (χ1) is 16.2. The van der Waals surface area contributed by atoms with Crippen LogP contribution in [0.3, 0.4) is 0 Å². The molecule has 0 aromatic heterocycles. The fourth-order valence-corrected chi connectivity index (χ4v) is 4.86. The molecule has 0 saturated heterocycles. The van der Waals surface area contributed by atoms with Crippen LogP contribution in [0.2, 0.25) is 5.02 Å². The summed E-state index contributed by atoms with van der Waals surface area (Å²) < 4.78 is 38.6. The molecule has 0 aliphatic carbocycles. The first-order valence-corrected chi connectivity index (χ1v) is 12.5. The van der Waals surface area contributed by atoms with E-state index in [1.165, 1.54) is 24.3 Å². The Bertz CT molecular complexity index is 1200. The predicted octanol–water partition coefficient (Wildman–Crippen LogP) is 4.82. The smallest absolute Gasteiger partial charge is 0.264 e. The second-order valence-corrected chi connectivity index (χ2v) is 9.75. The highest BCUT2D eigenvalue weighted by molar-refractivity contribution is 7.92. The van der Waals surface area contributed by atoms with Crippen LogP contribution in [0.25, 0.3) is 0 Å². The minimum atomic E-state index is -4.04. The number of halogens is 1. The van der Waals surface area contributed by atoms with Crippen molar-refractivity contribution in [3.05, 3.63) is 83.4 Å². The van der Waals surface area contributed by atoms with E-state index in [9.17, 15) is 13.2 Å². The molecular weight excluding hydrogens is 476 g/mol. The van der Waals surface area contributed by atoms with Gasteiger partial charge in [-0.2, -0.15) is 0 Å². The molecule has 3 aromatic rings. The number of carbonyl (C=O) groups excluding carboxylic acids is 1. The third-order valence-corrected chi connectivity index (χ3v) is 7.16. The lowest BCUT2D eigenvalue weighted by atomic mass is 10.1. The maximum Gasteiger partial charge on any atom is 0.264 e. The van der Waals surface area contributed by atoms with E-state index in [-0.39, 0.29) is 10.9 Å². The van der Waals surface area contributed by atoms with Crippen molar-refractivity contribution in [2.75, 3.05) is 24.6 Å². The molecule has 0 spiro atoms. The number of sulfonamides is 1. The van der Waals surface area contributed by atoms with Crippen molar-refractivity contribution >= 4 is 33.2 Å². The Labute approximate surface area is 205 Å². The minimum Gasteiger partial charge on any atom is -0.497 e. The minimum absolute atomic E-state index is 0.0294. The number of anilines is 1. The second kappa shape index (κ2) is 11.3. The molecule has 1 N–H and O–H groups in total. The van der Waals surface area contributed by atoms with Crippen LogP contribution < -0.4 is 19.1 Å². The van der Waals surface area contributed by atoms with Crippen LogP contribution in [-0.2, 0) is 14.8 Å². The summed E-state index contributed by atoms with van der Waals surface area (Å²) in [4.78, 5) is 13.0. The Morgan fingerprint density at radius 3 is 2.12 bits per heavy atom. The Balaban J connectivity index is 1.86. The van der Waals surface area contributed by atoms with Crippen LogP contribution in [0.4, 0.5) is 5.69 Å². The number of carbonyl (C=O) groups is 1. The maximum atomic E-state index is 13.5. The van der Waals surface area contributed by atoms with Gasteiger partial charge in [0, 0.05) is 5.02 Å². The first-order valence-electron chi connectivity index (χ1n) is 10.7. The highest BCUT2D eigenvalue weighted by atomic mass is 35.5. The van der Waals surface area contributed by atoms with Gasteiger partial charge in [0.2, 0.25) is 5.91 Å². The number of benzene rings is 3. The van der Waals surface area contributed by atoms with Gasteiger partial charge in [-0.25, -0.2) is 8.42 Å². The Kier molecular flexibility index (Phi) is 8.41. The molecule has 1 atom stereocenters. The van der Waals surface area contributed by atoms with Crippen molar-refractivity contribution < 1.29 is 22.7 Å². The third kappa shape index (κ3) is 6.21. The monoisotopic (exact) mass is 502 g/mol. The van der Waals surface area contributed by atoms with E-state index in [4.69, 9.17) is 21.1 Å². The van der Waals surface area contributed by atoms with Gasteiger partial charge in [-0.15, -0.1) is 0 Å². The number of amides is 1. The van der Waals surface area contributed by atoms with Crippen molar-refractivity contribution in [3.8, 4) is 11.5 Å². The normalized spacial score (nSPS) is 12.0. The molecule has 7 nitrogen and oxygen atoms in total. The number of hydrogen-bond acceptors (Lipinski definition) is 5. The van der Waals surface area contributed by atoms with Crippen LogP contribution in [0.1, 0.15) is 25.5 Å². The van der Waals surface area contributed by atoms with Crippen LogP contribution >= 0.6 is 11.6 Å². The number of nitrogens with zero attached hydrogens (tertiary/aromatic N) is 1. The molecule has 0 unspecified atom stereocenters. The maximum absolute atomic E-state index is 13.5. The van der Waals surface area contributed by atoms with Crippen LogP contribution in [0.15, 0.2) is 77.7 Å². The molecule has 180 valence electrons. The first kappa shape index (κ1) is 25.4. The predicted molar refractivity (Wildman–Crippen MR) is 133 cm³/mol. The van der Waals surface area contributed by atoms with Gasteiger partial charge in [0.15, 0.2) is 0 Å². The van der Waals surface area contributed by atoms with Crippen molar-refractivity contribution in [1.29, 1.82) is 0 Å². The van der Waals surface area contributed by atoms with E-state index in [0.717, 1.165) is 9.87 Å². The summed E-state index contributed by atoms with van der Waals surface area (Å²) in [6, 6.07) is 19.3. The van der Waals surface area contributed by atoms with E-state index in [0.29, 0.717) is 28.8 Å². The molecule has 0 saturated carbocycles. The van der Waals surface area contributed by atoms with Crippen LogP contribution in [0, 0.1) is 0 Å². The van der Waals surface area contributed by atoms with Gasteiger partial charge in [0.1, 0.15) is 18.0 Å². The van der Waals surface area contributed by atoms with Gasteiger partial charge in [-0.05, 0) is 80.1 Å². The zero-order valence-corrected chi connectivity index (χ0v) is 20.8. The Morgan fingerprint density at radius 2 is 1.56 bits per heavy atom. The molecule has 0 heterocycles. The summed E-state index contributed by atoms with van der Waals surface area (Å²) >= 11 is 5.93. The molecular formula is C25H27ClN2O5S. The van der Waals surface area contributed by atoms with Crippen molar-refractivity contribution in [2.24, 2.45) is 0 Å². The topological polar surface area (TPSA) is 84.9 Å². The van der Waals surface area contributed by atoms with Crippen LogP contribution in [-0.4, -0.2) is 34.6 Å². The quantitative estimate of drug-likeness (QED) is 0.429. The Morgan fingerprint density at radius 1 is 0.971 bits per heavy atom. The zero-order valence-electron chi connectivity index (χ0n) is 19.2. The van der Waals surface area contributed by atoms with Crippen molar-refractivity contribution in [2.45, 2.75) is 24.8 Å². The Hall–Kier alpha value is -3.23. The summed E-state index contributed by atoms with van der Waals surface area (Å²) in [7, 11) is -2.46. The van der Waals surface area contributed by atoms with E-state index >= 15 is 0 Å². The van der Waals surface area contributed by atoms with E-state index in [1.807, 2.05) is 26.0 Å². The fourth-order valence-electron chi connectivity index (χ4n) is 3.32. The summed E-state index contributed by atoms with van der Waals surface area (Å²) in [5, 5.41) is 3.28. The lowest BCUT2D eigenvalue weighted by Crippen LogP contribution is -2.41. The number of rotatable bonds is 10. The molecule has 0 radical (unpaired) electrons. The highest BCUT2D eigenvalue weighted by Crippen LogP contribution is 2.27. The SMILES string of the molecule is CCOc1ccc(N(CC(=O)N[C@H](C)c2ccc(OC)cc2)S(=O)(=O)c2ccc(Cl)cc2)cc1. The molecule has 3 aromatic carbocycles. The van der Waals surface area contributed by atoms with Crippen molar-refractivity contribution in [3.63, 3.8) is 0 Å². The van der Waals surface area contributed by atoms with Gasteiger partial charge >= 0.3 is 0 Å². The molecule has 3 rings (SSSR count). The molecule has 0 aliphatic heterocycles. The highest BCUT2D eigenvalue weighted by Gasteiger charge is 2.28. The summed E-state index contributed by atoms with van der Waals surface area (Å²) in [5.74, 6) is 0.862. The van der Waals surface area contributed by atoms with Gasteiger partial charge in [-0.3, -0.25) is 9.10 Å². The molecule has 9 heteroatoms. The van der Waals surface area contributed by atoms with Crippen LogP contribution in [0.5, 0.6) is 11.5 Å². The summed E-state index contributed by atoms with van der Waals surface area (Å²) in [6.45, 7) is 3.77. The molecule has 0 aliphatic rings. The largest absolute Gasteiger partial charge is 0.497 e. The van der Waals surface area contributed by atoms with Gasteiger partial charge < -0.3 is 14.8 Å². The fraction of sp³-hybridized carbons (Fsp3) is 0.240. The lowest BCUT2D eigenvalue weighted by Gasteiger charge is -2.25. The van der Waals surface area contributed by atoms with Gasteiger partial charge in [-0.1, -0.05) is 23.7 Å². The van der Waals surface area contributed by atoms with Gasteiger partial charge in [0.25, 0.3) is 10.0 Å². The average molecular weight is 503 g/mol. The van der Waals surface area contributed by atoms with E-state index in [1.54, 1.807) is 43.5 Å². The average Bonchev–Trinajstić information content (AvgIpc) is 2.83. The summed E-state index contributed by atoms with van der Waals surface area (Å²) in [6.07, 6.45) is 0. The standard InChI is InChI=1S/C25H27ClN2O5S/c1-4-33-23-13-9-21(10-14-23)28(34(30,31)24-15-7-20(26)8-16-24)17-25(29)27-18(2)19-5-11-22(32-3)12-6-19/h5-16,18H,4,17H2,1-3H3,(H,27,29)/t18-/m1/s1. The van der Waals surface area contributed by atoms with E-state index < -0.39 is 22.5 Å². The number of ether oxygens (including phenoxy) is 2. The second-order valence-electron chi connectivity index (χ2n) is 7.45.